The molecule has 3 heteroatoms. The second kappa shape index (κ2) is 8.92. The Morgan fingerprint density at radius 2 is 2.11 bits per heavy atom. The Kier molecular flexibility index (Phi) is 7.49. The van der Waals surface area contributed by atoms with Gasteiger partial charge in [-0.05, 0) is 43.7 Å². The quantitative estimate of drug-likeness (QED) is 0.372. The van der Waals surface area contributed by atoms with E-state index >= 15 is 0 Å². The van der Waals surface area contributed by atoms with Gasteiger partial charge in [0.1, 0.15) is 17.8 Å². The van der Waals surface area contributed by atoms with E-state index < -0.39 is 0 Å². The zero-order valence-electron chi connectivity index (χ0n) is 12.4. The summed E-state index contributed by atoms with van der Waals surface area (Å²) in [6.07, 6.45) is 5.45. The van der Waals surface area contributed by atoms with Crippen LogP contribution in [0.1, 0.15) is 38.7 Å². The molecule has 0 aliphatic rings. The summed E-state index contributed by atoms with van der Waals surface area (Å²) in [5, 5.41) is 0. The number of hydrogen-bond donors (Lipinski definition) is 0. The molecule has 1 aromatic rings. The molecule has 0 spiro atoms. The fourth-order valence-electron chi connectivity index (χ4n) is 1.69. The van der Waals surface area contributed by atoms with E-state index in [0.717, 1.165) is 17.1 Å². The van der Waals surface area contributed by atoms with Crippen LogP contribution in [-0.4, -0.2) is 12.9 Å². The van der Waals surface area contributed by atoms with Crippen LogP contribution in [0.2, 0.25) is 0 Å². The Labute approximate surface area is 121 Å². The molecular weight excluding hydrogens is 256 g/mol. The Bertz CT molecular complexity index is 413. The predicted octanol–water partition coefficient (Wildman–Crippen LogP) is 5.16. The van der Waals surface area contributed by atoms with E-state index in [2.05, 4.69) is 32.0 Å². The monoisotopic (exact) mass is 280 g/mol. The number of aryl methyl sites for hydroxylation is 1. The number of hydrogen-bond acceptors (Lipinski definition) is 3. The van der Waals surface area contributed by atoms with E-state index in [1.165, 1.54) is 29.9 Å². The molecule has 0 aliphatic heterocycles. The molecule has 0 aromatic heterocycles. The Morgan fingerprint density at radius 3 is 2.79 bits per heavy atom. The highest BCUT2D eigenvalue weighted by molar-refractivity contribution is 7.99. The molecule has 0 amide bonds. The lowest BCUT2D eigenvalue weighted by molar-refractivity contribution is 0.303. The van der Waals surface area contributed by atoms with E-state index in [1.807, 2.05) is 18.7 Å². The highest BCUT2D eigenvalue weighted by atomic mass is 32.2. The standard InChI is InChI=1S/C16H24O2S/c1-5-6-7-10-19-15-9-8-13(2)16(11-15)18-14(3)12-17-4/h8-9,11-12H,5-7,10H2,1-4H3/b14-12+. The van der Waals surface area contributed by atoms with Gasteiger partial charge < -0.3 is 9.47 Å². The summed E-state index contributed by atoms with van der Waals surface area (Å²) in [5.74, 6) is 2.84. The van der Waals surface area contributed by atoms with Crippen molar-refractivity contribution in [3.05, 3.63) is 35.8 Å². The molecule has 1 rings (SSSR count). The number of thioether (sulfide) groups is 1. The molecule has 106 valence electrons. The van der Waals surface area contributed by atoms with Crippen LogP contribution in [0.25, 0.3) is 0 Å². The molecule has 0 heterocycles. The van der Waals surface area contributed by atoms with Crippen LogP contribution in [0.5, 0.6) is 5.75 Å². The second-order valence-electron chi connectivity index (χ2n) is 4.55. The number of methoxy groups -OCH3 is 1. The largest absolute Gasteiger partial charge is 0.501 e. The third-order valence-corrected chi connectivity index (χ3v) is 3.81. The highest BCUT2D eigenvalue weighted by Gasteiger charge is 2.03. The minimum absolute atomic E-state index is 0.763. The third kappa shape index (κ3) is 6.06. The van der Waals surface area contributed by atoms with E-state index in [4.69, 9.17) is 9.47 Å². The molecule has 0 saturated heterocycles. The summed E-state index contributed by atoms with van der Waals surface area (Å²) in [4.78, 5) is 1.27. The van der Waals surface area contributed by atoms with E-state index in [0.29, 0.717) is 0 Å². The minimum atomic E-state index is 0.763. The summed E-state index contributed by atoms with van der Waals surface area (Å²) in [6.45, 7) is 6.18. The van der Waals surface area contributed by atoms with Gasteiger partial charge in [-0.15, -0.1) is 11.8 Å². The molecule has 0 fully saturated rings. The lowest BCUT2D eigenvalue weighted by Crippen LogP contribution is -1.94. The lowest BCUT2D eigenvalue weighted by Gasteiger charge is -2.10. The van der Waals surface area contributed by atoms with Crippen molar-refractivity contribution in [2.24, 2.45) is 0 Å². The van der Waals surface area contributed by atoms with Crippen molar-refractivity contribution in [2.75, 3.05) is 12.9 Å². The van der Waals surface area contributed by atoms with Crippen molar-refractivity contribution in [1.29, 1.82) is 0 Å². The van der Waals surface area contributed by atoms with Crippen LogP contribution in [0, 0.1) is 6.92 Å². The fraction of sp³-hybridized carbons (Fsp3) is 0.500. The lowest BCUT2D eigenvalue weighted by atomic mass is 10.2. The van der Waals surface area contributed by atoms with Gasteiger partial charge in [0.15, 0.2) is 0 Å². The van der Waals surface area contributed by atoms with Crippen LogP contribution in [-0.2, 0) is 4.74 Å². The van der Waals surface area contributed by atoms with Gasteiger partial charge in [0, 0.05) is 4.90 Å². The second-order valence-corrected chi connectivity index (χ2v) is 5.72. The number of allylic oxidation sites excluding steroid dienone is 1. The van der Waals surface area contributed by atoms with Crippen LogP contribution < -0.4 is 4.74 Å². The van der Waals surface area contributed by atoms with Gasteiger partial charge in [0.05, 0.1) is 7.11 Å². The van der Waals surface area contributed by atoms with Crippen molar-refractivity contribution in [1.82, 2.24) is 0 Å². The van der Waals surface area contributed by atoms with Crippen molar-refractivity contribution in [3.8, 4) is 5.75 Å². The third-order valence-electron chi connectivity index (χ3n) is 2.73. The van der Waals surface area contributed by atoms with E-state index in [-0.39, 0.29) is 0 Å². The molecule has 0 saturated carbocycles. The normalized spacial score (nSPS) is 11.5. The molecular formula is C16H24O2S. The van der Waals surface area contributed by atoms with Crippen molar-refractivity contribution < 1.29 is 9.47 Å². The van der Waals surface area contributed by atoms with Crippen LogP contribution in [0.4, 0.5) is 0 Å². The molecule has 0 radical (unpaired) electrons. The summed E-state index contributed by atoms with van der Waals surface area (Å²) < 4.78 is 10.7. The smallest absolute Gasteiger partial charge is 0.135 e. The van der Waals surface area contributed by atoms with Gasteiger partial charge in [0.2, 0.25) is 0 Å². The van der Waals surface area contributed by atoms with E-state index in [9.17, 15) is 0 Å². The van der Waals surface area contributed by atoms with Gasteiger partial charge in [-0.3, -0.25) is 0 Å². The van der Waals surface area contributed by atoms with Crippen LogP contribution in [0.15, 0.2) is 35.1 Å². The summed E-state index contributed by atoms with van der Waals surface area (Å²) in [6, 6.07) is 6.38. The first kappa shape index (κ1) is 16.0. The summed E-state index contributed by atoms with van der Waals surface area (Å²) >= 11 is 1.89. The Balaban J connectivity index is 2.63. The molecule has 0 aliphatic carbocycles. The number of ether oxygens (including phenoxy) is 2. The molecule has 1 aromatic carbocycles. The highest BCUT2D eigenvalue weighted by Crippen LogP contribution is 2.28. The number of benzene rings is 1. The molecule has 2 nitrogen and oxygen atoms in total. The molecule has 0 atom stereocenters. The number of rotatable bonds is 8. The van der Waals surface area contributed by atoms with Crippen molar-refractivity contribution >= 4 is 11.8 Å². The fourth-order valence-corrected chi connectivity index (χ4v) is 2.62. The van der Waals surface area contributed by atoms with Gasteiger partial charge >= 0.3 is 0 Å². The van der Waals surface area contributed by atoms with Gasteiger partial charge in [-0.25, -0.2) is 0 Å². The van der Waals surface area contributed by atoms with Crippen molar-refractivity contribution in [2.45, 2.75) is 44.9 Å². The number of unbranched alkanes of at least 4 members (excludes halogenated alkanes) is 2. The molecule has 0 N–H and O–H groups in total. The minimum Gasteiger partial charge on any atom is -0.501 e. The summed E-state index contributed by atoms with van der Waals surface area (Å²) in [7, 11) is 1.62. The first-order valence-electron chi connectivity index (χ1n) is 6.78. The first-order valence-corrected chi connectivity index (χ1v) is 7.76. The predicted molar refractivity (Wildman–Crippen MR) is 82.8 cm³/mol. The average molecular weight is 280 g/mol. The Morgan fingerprint density at radius 1 is 1.32 bits per heavy atom. The topological polar surface area (TPSA) is 18.5 Å². The zero-order valence-corrected chi connectivity index (χ0v) is 13.2. The maximum Gasteiger partial charge on any atom is 0.135 e. The van der Waals surface area contributed by atoms with E-state index in [1.54, 1.807) is 13.4 Å². The van der Waals surface area contributed by atoms with Crippen molar-refractivity contribution in [3.63, 3.8) is 0 Å². The molecule has 0 bridgehead atoms. The van der Waals surface area contributed by atoms with Gasteiger partial charge in [-0.1, -0.05) is 25.8 Å². The molecule has 0 unspecified atom stereocenters. The molecule has 19 heavy (non-hydrogen) atoms. The van der Waals surface area contributed by atoms with Gasteiger partial charge in [0.25, 0.3) is 0 Å². The summed E-state index contributed by atoms with van der Waals surface area (Å²) in [5.41, 5.74) is 1.14. The Hall–Kier alpha value is -1.09. The maximum absolute atomic E-state index is 5.78. The van der Waals surface area contributed by atoms with Crippen LogP contribution >= 0.6 is 11.8 Å². The van der Waals surface area contributed by atoms with Gasteiger partial charge in [-0.2, -0.15) is 0 Å². The average Bonchev–Trinajstić information content (AvgIpc) is 2.38. The SMILES string of the molecule is CCCCCSc1ccc(C)c(O/C(C)=C/OC)c1. The van der Waals surface area contributed by atoms with Crippen LogP contribution in [0.3, 0.4) is 0 Å². The zero-order chi connectivity index (χ0) is 14.1. The maximum atomic E-state index is 5.78. The first-order chi connectivity index (χ1) is 9.17.